The van der Waals surface area contributed by atoms with E-state index in [-0.39, 0.29) is 29.0 Å². The summed E-state index contributed by atoms with van der Waals surface area (Å²) in [6.45, 7) is 1.27. The van der Waals surface area contributed by atoms with Crippen molar-refractivity contribution >= 4 is 34.1 Å². The van der Waals surface area contributed by atoms with Crippen molar-refractivity contribution in [3.05, 3.63) is 100 Å². The Morgan fingerprint density at radius 2 is 1.66 bits per heavy atom. The number of aryl methyl sites for hydroxylation is 1. The molecular weight excluding hydrogens is 461 g/mol. The molecule has 0 fully saturated rings. The molecule has 0 spiro atoms. The van der Waals surface area contributed by atoms with E-state index in [1.807, 2.05) is 0 Å². The van der Waals surface area contributed by atoms with E-state index in [1.165, 1.54) is 28.8 Å². The predicted molar refractivity (Wildman–Crippen MR) is 125 cm³/mol. The number of anilines is 2. The number of halogens is 3. The summed E-state index contributed by atoms with van der Waals surface area (Å²) in [5.41, 5.74) is -0.625. The van der Waals surface area contributed by atoms with Crippen molar-refractivity contribution in [1.82, 2.24) is 9.55 Å². The van der Waals surface area contributed by atoms with Gasteiger partial charge in [0.1, 0.15) is 12.4 Å². The standard InChI is InChI=1S/C25H19F3N4O3/c1-15-29-21-12-5-3-10-19(21)24(35)32(15)14-22(33)31-20-11-4-2-9-18(20)23(34)30-17-8-6-7-16(13-17)25(26,27)28/h2-13H,14H2,1H3,(H,30,34)(H,31,33). The molecule has 1 heterocycles. The van der Waals surface area contributed by atoms with Gasteiger partial charge in [-0.2, -0.15) is 13.2 Å². The van der Waals surface area contributed by atoms with Crippen LogP contribution in [0.15, 0.2) is 77.6 Å². The fourth-order valence-electron chi connectivity index (χ4n) is 3.56. The molecular formula is C25H19F3N4O3. The molecule has 0 aliphatic carbocycles. The lowest BCUT2D eigenvalue weighted by molar-refractivity contribution is -0.137. The minimum Gasteiger partial charge on any atom is -0.324 e. The van der Waals surface area contributed by atoms with Crippen LogP contribution in [0, 0.1) is 6.92 Å². The van der Waals surface area contributed by atoms with Gasteiger partial charge in [-0.15, -0.1) is 0 Å². The van der Waals surface area contributed by atoms with Crippen LogP contribution in [0.5, 0.6) is 0 Å². The first kappa shape index (κ1) is 23.7. The number of benzene rings is 3. The Bertz CT molecular complexity index is 1500. The van der Waals surface area contributed by atoms with E-state index in [9.17, 15) is 27.6 Å². The van der Waals surface area contributed by atoms with Gasteiger partial charge in [0, 0.05) is 5.69 Å². The van der Waals surface area contributed by atoms with Crippen LogP contribution in [-0.2, 0) is 17.5 Å². The maximum absolute atomic E-state index is 13.0. The van der Waals surface area contributed by atoms with Gasteiger partial charge in [0.2, 0.25) is 5.91 Å². The number of carbonyl (C=O) groups is 2. The Hall–Kier alpha value is -4.47. The number of hydrogen-bond donors (Lipinski definition) is 2. The second-order valence-electron chi connectivity index (χ2n) is 7.69. The van der Waals surface area contributed by atoms with Crippen molar-refractivity contribution in [3.8, 4) is 0 Å². The largest absolute Gasteiger partial charge is 0.416 e. The van der Waals surface area contributed by atoms with Crippen LogP contribution in [0.3, 0.4) is 0 Å². The Balaban J connectivity index is 1.54. The lowest BCUT2D eigenvalue weighted by Gasteiger charge is -2.14. The number of nitrogens with one attached hydrogen (secondary N) is 2. The number of aromatic nitrogens is 2. The third-order valence-corrected chi connectivity index (χ3v) is 5.25. The first-order chi connectivity index (χ1) is 16.6. The first-order valence-corrected chi connectivity index (χ1v) is 10.5. The van der Waals surface area contributed by atoms with Crippen molar-refractivity contribution in [3.63, 3.8) is 0 Å². The molecule has 0 unspecified atom stereocenters. The summed E-state index contributed by atoms with van der Waals surface area (Å²) in [6.07, 6.45) is -4.56. The second-order valence-corrected chi connectivity index (χ2v) is 7.69. The highest BCUT2D eigenvalue weighted by atomic mass is 19.4. The summed E-state index contributed by atoms with van der Waals surface area (Å²) >= 11 is 0. The summed E-state index contributed by atoms with van der Waals surface area (Å²) in [5, 5.41) is 5.38. The highest BCUT2D eigenvalue weighted by molar-refractivity contribution is 6.10. The third kappa shape index (κ3) is 5.21. The molecule has 0 aliphatic rings. The zero-order valence-electron chi connectivity index (χ0n) is 18.4. The number of carbonyl (C=O) groups excluding carboxylic acids is 2. The van der Waals surface area contributed by atoms with Gasteiger partial charge in [-0.25, -0.2) is 4.98 Å². The minimum absolute atomic E-state index is 0.0407. The number of nitrogens with zero attached hydrogens (tertiary/aromatic N) is 2. The first-order valence-electron chi connectivity index (χ1n) is 10.5. The van der Waals surface area contributed by atoms with Gasteiger partial charge in [-0.05, 0) is 49.4 Å². The quantitative estimate of drug-likeness (QED) is 0.436. The van der Waals surface area contributed by atoms with Crippen molar-refractivity contribution in [2.45, 2.75) is 19.6 Å². The van der Waals surface area contributed by atoms with Gasteiger partial charge in [-0.1, -0.05) is 30.3 Å². The number of hydrogen-bond acceptors (Lipinski definition) is 4. The smallest absolute Gasteiger partial charge is 0.324 e. The summed E-state index contributed by atoms with van der Waals surface area (Å²) in [7, 11) is 0. The fourth-order valence-corrected chi connectivity index (χ4v) is 3.56. The minimum atomic E-state index is -4.56. The number of amides is 2. The average Bonchev–Trinajstić information content (AvgIpc) is 2.82. The van der Waals surface area contributed by atoms with Gasteiger partial charge in [0.15, 0.2) is 0 Å². The molecule has 4 rings (SSSR count). The van der Waals surface area contributed by atoms with Gasteiger partial charge < -0.3 is 10.6 Å². The molecule has 178 valence electrons. The summed E-state index contributed by atoms with van der Waals surface area (Å²) in [6, 6.07) is 17.1. The van der Waals surface area contributed by atoms with Crippen LogP contribution in [0.25, 0.3) is 10.9 Å². The molecule has 0 bridgehead atoms. The zero-order chi connectivity index (χ0) is 25.2. The van der Waals surface area contributed by atoms with Crippen molar-refractivity contribution in [1.29, 1.82) is 0 Å². The van der Waals surface area contributed by atoms with Crippen LogP contribution < -0.4 is 16.2 Å². The van der Waals surface area contributed by atoms with Crippen LogP contribution >= 0.6 is 0 Å². The molecule has 0 saturated heterocycles. The monoisotopic (exact) mass is 480 g/mol. The van der Waals surface area contributed by atoms with Gasteiger partial charge in [0.25, 0.3) is 11.5 Å². The summed E-state index contributed by atoms with van der Waals surface area (Å²) in [5.74, 6) is -0.938. The fraction of sp³-hybridized carbons (Fsp3) is 0.120. The van der Waals surface area contributed by atoms with E-state index >= 15 is 0 Å². The topological polar surface area (TPSA) is 93.1 Å². The predicted octanol–water partition coefficient (Wildman–Crippen LogP) is 4.61. The zero-order valence-corrected chi connectivity index (χ0v) is 18.4. The molecule has 7 nitrogen and oxygen atoms in total. The maximum Gasteiger partial charge on any atom is 0.416 e. The van der Waals surface area contributed by atoms with Gasteiger partial charge in [-0.3, -0.25) is 19.0 Å². The summed E-state index contributed by atoms with van der Waals surface area (Å²) < 4.78 is 40.1. The van der Waals surface area contributed by atoms with E-state index < -0.39 is 23.6 Å². The van der Waals surface area contributed by atoms with Crippen molar-refractivity contribution in [2.75, 3.05) is 10.6 Å². The van der Waals surface area contributed by atoms with Crippen LogP contribution in [0.1, 0.15) is 21.7 Å². The highest BCUT2D eigenvalue weighted by Crippen LogP contribution is 2.31. The molecule has 10 heteroatoms. The molecule has 2 N–H and O–H groups in total. The van der Waals surface area contributed by atoms with Crippen molar-refractivity contribution < 1.29 is 22.8 Å². The van der Waals surface area contributed by atoms with Gasteiger partial charge >= 0.3 is 6.18 Å². The number of para-hydroxylation sites is 2. The van der Waals surface area contributed by atoms with E-state index in [2.05, 4.69) is 15.6 Å². The molecule has 4 aromatic rings. The number of fused-ring (bicyclic) bond motifs is 1. The molecule has 3 aromatic carbocycles. The van der Waals surface area contributed by atoms with Crippen LogP contribution in [-0.4, -0.2) is 21.4 Å². The Kier molecular flexibility index (Phi) is 6.37. The third-order valence-electron chi connectivity index (χ3n) is 5.25. The molecule has 35 heavy (non-hydrogen) atoms. The second kappa shape index (κ2) is 9.41. The van der Waals surface area contributed by atoms with E-state index in [0.29, 0.717) is 16.7 Å². The van der Waals surface area contributed by atoms with Gasteiger partial charge in [0.05, 0.1) is 27.7 Å². The summed E-state index contributed by atoms with van der Waals surface area (Å²) in [4.78, 5) is 42.7. The van der Waals surface area contributed by atoms with E-state index in [0.717, 1.165) is 12.1 Å². The average molecular weight is 480 g/mol. The van der Waals surface area contributed by atoms with Crippen molar-refractivity contribution in [2.24, 2.45) is 0 Å². The van der Waals surface area contributed by atoms with E-state index in [4.69, 9.17) is 0 Å². The highest BCUT2D eigenvalue weighted by Gasteiger charge is 2.30. The Morgan fingerprint density at radius 3 is 2.43 bits per heavy atom. The number of rotatable bonds is 5. The van der Waals surface area contributed by atoms with Crippen LogP contribution in [0.2, 0.25) is 0 Å². The molecule has 2 amide bonds. The number of alkyl halides is 3. The molecule has 0 aliphatic heterocycles. The normalized spacial score (nSPS) is 11.3. The molecule has 0 atom stereocenters. The van der Waals surface area contributed by atoms with Crippen LogP contribution in [0.4, 0.5) is 24.5 Å². The maximum atomic E-state index is 13.0. The molecule has 1 aromatic heterocycles. The Labute approximate surface area is 197 Å². The SMILES string of the molecule is Cc1nc2ccccc2c(=O)n1CC(=O)Nc1ccccc1C(=O)Nc1cccc(C(F)(F)F)c1. The van der Waals surface area contributed by atoms with E-state index in [1.54, 1.807) is 43.3 Å². The Morgan fingerprint density at radius 1 is 0.943 bits per heavy atom. The molecule has 0 radical (unpaired) electrons. The molecule has 0 saturated carbocycles. The lowest BCUT2D eigenvalue weighted by Crippen LogP contribution is -2.30. The lowest BCUT2D eigenvalue weighted by atomic mass is 10.1.